The van der Waals surface area contributed by atoms with Gasteiger partial charge < -0.3 is 8.83 Å². The molecule has 1 radical (unpaired) electrons. The quantitative estimate of drug-likeness (QED) is 0.326. The number of alkyl halides is 3. The van der Waals surface area contributed by atoms with Crippen LogP contribution < -0.4 is 0 Å². The summed E-state index contributed by atoms with van der Waals surface area (Å²) < 4.78 is 51.6. The summed E-state index contributed by atoms with van der Waals surface area (Å²) in [6.45, 7) is 7.61. The number of hydrogen-bond donors (Lipinski definition) is 0. The third-order valence-corrected chi connectivity index (χ3v) is 5.54. The van der Waals surface area contributed by atoms with Crippen LogP contribution in [0.5, 0.6) is 0 Å². The number of pyridine rings is 1. The van der Waals surface area contributed by atoms with E-state index in [1.165, 1.54) is 12.5 Å². The summed E-state index contributed by atoms with van der Waals surface area (Å²) in [5.74, 6) is 0.0539. The smallest absolute Gasteiger partial charge is 0.418 e. The maximum absolute atomic E-state index is 13.8. The van der Waals surface area contributed by atoms with Crippen LogP contribution >= 0.6 is 31.9 Å². The minimum Gasteiger partial charge on any atom is -0.443 e. The van der Waals surface area contributed by atoms with Gasteiger partial charge in [0.2, 0.25) is 11.8 Å². The van der Waals surface area contributed by atoms with E-state index in [1.54, 1.807) is 0 Å². The van der Waals surface area contributed by atoms with Gasteiger partial charge in [-0.1, -0.05) is 27.7 Å². The van der Waals surface area contributed by atoms with E-state index in [1.807, 2.05) is 27.7 Å². The molecule has 0 saturated carbocycles. The fraction of sp³-hybridized carbons (Fsp3) is 0.389. The van der Waals surface area contributed by atoms with Gasteiger partial charge >= 0.3 is 6.18 Å². The fourth-order valence-corrected chi connectivity index (χ4v) is 4.02. The van der Waals surface area contributed by atoms with Crippen LogP contribution in [-0.4, -0.2) is 15.0 Å². The molecule has 11 heteroatoms. The minimum absolute atomic E-state index is 0. The first kappa shape index (κ1) is 24.1. The van der Waals surface area contributed by atoms with Crippen LogP contribution in [0.4, 0.5) is 13.2 Å². The van der Waals surface area contributed by atoms with Gasteiger partial charge in [-0.15, -0.1) is 0 Å². The summed E-state index contributed by atoms with van der Waals surface area (Å²) in [6, 6.07) is 0. The van der Waals surface area contributed by atoms with E-state index < -0.39 is 11.7 Å². The molecule has 0 saturated heterocycles. The summed E-state index contributed by atoms with van der Waals surface area (Å²) in [6.07, 6.45) is -1.85. The second kappa shape index (κ2) is 8.90. The molecule has 0 spiro atoms. The van der Waals surface area contributed by atoms with Gasteiger partial charge in [-0.2, -0.15) is 13.2 Å². The van der Waals surface area contributed by atoms with Gasteiger partial charge in [0.1, 0.15) is 23.9 Å². The third-order valence-electron chi connectivity index (χ3n) is 3.99. The van der Waals surface area contributed by atoms with Crippen molar-refractivity contribution in [3.8, 4) is 23.2 Å². The van der Waals surface area contributed by atoms with Gasteiger partial charge in [0.05, 0.1) is 25.9 Å². The predicted octanol–water partition coefficient (Wildman–Crippen LogP) is 7.18. The molecule has 3 rings (SSSR count). The Labute approximate surface area is 192 Å². The first-order chi connectivity index (χ1) is 13.0. The van der Waals surface area contributed by atoms with Crippen molar-refractivity contribution in [1.82, 2.24) is 15.0 Å². The molecule has 3 aromatic heterocycles. The number of nitrogens with zero attached hydrogens (tertiary/aromatic N) is 3. The Morgan fingerprint density at radius 1 is 0.793 bits per heavy atom. The van der Waals surface area contributed by atoms with Crippen LogP contribution in [0.3, 0.4) is 0 Å². The molecule has 0 aliphatic carbocycles. The molecule has 0 bridgehead atoms. The Kier molecular flexibility index (Phi) is 7.40. The van der Waals surface area contributed by atoms with Crippen LogP contribution in [0.2, 0.25) is 0 Å². The average molecular weight is 582 g/mol. The van der Waals surface area contributed by atoms with Crippen LogP contribution in [0.25, 0.3) is 23.2 Å². The normalized spacial score (nSPS) is 12.0. The molecule has 0 aliphatic heterocycles. The van der Waals surface area contributed by atoms with Gasteiger partial charge in [0.25, 0.3) is 0 Å². The number of halogens is 5. The van der Waals surface area contributed by atoms with Crippen molar-refractivity contribution in [1.29, 1.82) is 0 Å². The Hall–Kier alpha value is -1.17. The first-order valence-electron chi connectivity index (χ1n) is 8.38. The summed E-state index contributed by atoms with van der Waals surface area (Å²) in [5.41, 5.74) is 0.115. The van der Waals surface area contributed by atoms with Gasteiger partial charge in [-0.25, -0.2) is 15.0 Å². The molecule has 3 heterocycles. The van der Waals surface area contributed by atoms with Crippen LogP contribution in [0.1, 0.15) is 56.5 Å². The van der Waals surface area contributed by atoms with E-state index in [0.717, 1.165) is 0 Å². The molecule has 5 nitrogen and oxygen atoms in total. The zero-order valence-corrected chi connectivity index (χ0v) is 19.9. The van der Waals surface area contributed by atoms with Crippen LogP contribution in [0.15, 0.2) is 30.3 Å². The second-order valence-corrected chi connectivity index (χ2v) is 8.36. The van der Waals surface area contributed by atoms with Gasteiger partial charge in [-0.05, 0) is 43.7 Å². The topological polar surface area (TPSA) is 65.0 Å². The van der Waals surface area contributed by atoms with E-state index in [9.17, 15) is 13.2 Å². The predicted molar refractivity (Wildman–Crippen MR) is 104 cm³/mol. The minimum atomic E-state index is -4.66. The number of hydrogen-bond acceptors (Lipinski definition) is 5. The van der Waals surface area contributed by atoms with Gasteiger partial charge in [0, 0.05) is 16.8 Å². The zero-order chi connectivity index (χ0) is 20.8. The fourth-order valence-electron chi connectivity index (χ4n) is 2.40. The molecule has 0 atom stereocenters. The largest absolute Gasteiger partial charge is 0.443 e. The molecule has 0 unspecified atom stereocenters. The van der Waals surface area contributed by atoms with Gasteiger partial charge in [-0.3, -0.25) is 0 Å². The molecule has 0 fully saturated rings. The Balaban J connectivity index is 0.00000300. The second-order valence-electron chi connectivity index (χ2n) is 6.77. The van der Waals surface area contributed by atoms with E-state index in [4.69, 9.17) is 8.83 Å². The zero-order valence-electron chi connectivity index (χ0n) is 15.7. The molecule has 29 heavy (non-hydrogen) atoms. The summed E-state index contributed by atoms with van der Waals surface area (Å²) in [7, 11) is 0. The van der Waals surface area contributed by atoms with Crippen molar-refractivity contribution in [2.45, 2.75) is 45.7 Å². The van der Waals surface area contributed by atoms with Crippen molar-refractivity contribution in [2.75, 3.05) is 0 Å². The molecular weight excluding hydrogens is 566 g/mol. The third kappa shape index (κ3) is 4.78. The van der Waals surface area contributed by atoms with Crippen molar-refractivity contribution < 1.29 is 38.8 Å². The van der Waals surface area contributed by atoms with Crippen molar-refractivity contribution in [3.63, 3.8) is 0 Å². The van der Waals surface area contributed by atoms with E-state index in [2.05, 4.69) is 46.8 Å². The molecule has 3 aromatic rings. The summed E-state index contributed by atoms with van der Waals surface area (Å²) in [5, 5.41) is 0. The summed E-state index contributed by atoms with van der Waals surface area (Å²) in [4.78, 5) is 12.9. The van der Waals surface area contributed by atoms with Crippen molar-refractivity contribution in [2.24, 2.45) is 0 Å². The van der Waals surface area contributed by atoms with Crippen LogP contribution in [-0.2, 0) is 23.0 Å². The summed E-state index contributed by atoms with van der Waals surface area (Å²) >= 11 is 6.05. The Morgan fingerprint density at radius 3 is 1.45 bits per heavy atom. The standard InChI is InChI=1S/C18H16Br2F3N3O2.Co/c1-7(2)9-5-27-16(24-9)14-12(19)11(18(21,22)23)13(20)15(26-14)17-25-10(6-28-17)8(3)4;/h5-8H,1-4H3;. The SMILES string of the molecule is CC(C)c1coc(-c2nc(-c3nc(C(C)C)co3)c(Br)c(C(F)(F)F)c2Br)n1.[Co]. The Morgan fingerprint density at radius 2 is 1.17 bits per heavy atom. The molecule has 0 aliphatic rings. The van der Waals surface area contributed by atoms with Crippen molar-refractivity contribution in [3.05, 3.63) is 38.4 Å². The molecule has 0 N–H and O–H groups in total. The average Bonchev–Trinajstić information content (AvgIpc) is 3.23. The number of rotatable bonds is 4. The molecule has 0 amide bonds. The van der Waals surface area contributed by atoms with E-state index >= 15 is 0 Å². The van der Waals surface area contributed by atoms with E-state index in [0.29, 0.717) is 11.4 Å². The molecular formula is C18H16Br2CoF3N3O2. The van der Waals surface area contributed by atoms with E-state index in [-0.39, 0.29) is 60.7 Å². The first-order valence-corrected chi connectivity index (χ1v) is 9.97. The van der Waals surface area contributed by atoms with Crippen molar-refractivity contribution >= 4 is 31.9 Å². The number of aromatic nitrogens is 3. The molecule has 159 valence electrons. The Bertz CT molecular complexity index is 946. The van der Waals surface area contributed by atoms with Crippen LogP contribution in [0, 0.1) is 0 Å². The maximum atomic E-state index is 13.8. The monoisotopic (exact) mass is 580 g/mol. The maximum Gasteiger partial charge on any atom is 0.418 e. The van der Waals surface area contributed by atoms with Gasteiger partial charge in [0.15, 0.2) is 0 Å². The molecule has 0 aromatic carbocycles. The number of oxazole rings is 2.